The van der Waals surface area contributed by atoms with Crippen molar-refractivity contribution in [2.24, 2.45) is 0 Å². The van der Waals surface area contributed by atoms with Gasteiger partial charge < -0.3 is 10.1 Å². The van der Waals surface area contributed by atoms with Crippen molar-refractivity contribution in [1.29, 1.82) is 0 Å². The monoisotopic (exact) mass is 212 g/mol. The lowest BCUT2D eigenvalue weighted by molar-refractivity contribution is 0.167. The Morgan fingerprint density at radius 3 is 2.73 bits per heavy atom. The molecule has 1 heterocycles. The molecule has 0 fully saturated rings. The minimum Gasteiger partial charge on any atom is -0.383 e. The Kier molecular flexibility index (Phi) is 4.71. The van der Waals surface area contributed by atoms with Crippen molar-refractivity contribution in [1.82, 2.24) is 20.5 Å². The maximum absolute atomic E-state index is 5.06. The average Bonchev–Trinajstić information content (AvgIpc) is 2.66. The molecule has 5 nitrogen and oxygen atoms in total. The molecule has 1 rings (SSSR count). The summed E-state index contributed by atoms with van der Waals surface area (Å²) < 4.78 is 5.06. The van der Waals surface area contributed by atoms with Crippen LogP contribution in [0.4, 0.5) is 0 Å². The van der Waals surface area contributed by atoms with Gasteiger partial charge in [0.15, 0.2) is 5.82 Å². The Hall–Kier alpha value is -0.940. The Balaban J connectivity index is 2.49. The van der Waals surface area contributed by atoms with Crippen LogP contribution in [0.3, 0.4) is 0 Å². The van der Waals surface area contributed by atoms with Gasteiger partial charge in [0, 0.05) is 19.6 Å². The van der Waals surface area contributed by atoms with Gasteiger partial charge in [-0.25, -0.2) is 4.98 Å². The van der Waals surface area contributed by atoms with Gasteiger partial charge in [-0.1, -0.05) is 6.92 Å². The predicted octanol–water partition coefficient (Wildman–Crippen LogP) is 1.05. The lowest BCUT2D eigenvalue weighted by Gasteiger charge is -2.16. The zero-order chi connectivity index (χ0) is 11.3. The van der Waals surface area contributed by atoms with Gasteiger partial charge in [-0.15, -0.1) is 0 Å². The van der Waals surface area contributed by atoms with Gasteiger partial charge in [0.25, 0.3) is 0 Å². The standard InChI is InChI=1S/C10H20N4O/c1-5-9-12-10(14-13-9)8(3)11-7(2)6-15-4/h7-8,11H,5-6H2,1-4H3,(H,12,13,14). The van der Waals surface area contributed by atoms with Gasteiger partial charge in [-0.05, 0) is 13.8 Å². The summed E-state index contributed by atoms with van der Waals surface area (Å²) in [5, 5.41) is 10.4. The van der Waals surface area contributed by atoms with Crippen molar-refractivity contribution in [3.05, 3.63) is 11.6 Å². The summed E-state index contributed by atoms with van der Waals surface area (Å²) >= 11 is 0. The zero-order valence-electron chi connectivity index (χ0n) is 9.87. The lowest BCUT2D eigenvalue weighted by Crippen LogP contribution is -2.32. The molecule has 0 aliphatic carbocycles. The van der Waals surface area contributed by atoms with E-state index in [1.807, 2.05) is 0 Å². The number of nitrogens with one attached hydrogen (secondary N) is 2. The Morgan fingerprint density at radius 1 is 1.47 bits per heavy atom. The van der Waals surface area contributed by atoms with E-state index in [9.17, 15) is 0 Å². The molecule has 0 spiro atoms. The van der Waals surface area contributed by atoms with Crippen LogP contribution < -0.4 is 5.32 Å². The number of methoxy groups -OCH3 is 1. The van der Waals surface area contributed by atoms with Crippen LogP contribution >= 0.6 is 0 Å². The highest BCUT2D eigenvalue weighted by atomic mass is 16.5. The molecule has 0 saturated carbocycles. The molecule has 1 aromatic rings. The summed E-state index contributed by atoms with van der Waals surface area (Å²) in [6, 6.07) is 0.445. The summed E-state index contributed by atoms with van der Waals surface area (Å²) in [4.78, 5) is 4.37. The first-order valence-corrected chi connectivity index (χ1v) is 5.33. The highest BCUT2D eigenvalue weighted by Gasteiger charge is 2.13. The molecule has 86 valence electrons. The maximum Gasteiger partial charge on any atom is 0.167 e. The molecule has 0 amide bonds. The highest BCUT2D eigenvalue weighted by Crippen LogP contribution is 2.07. The van der Waals surface area contributed by atoms with Gasteiger partial charge in [-0.2, -0.15) is 5.10 Å². The van der Waals surface area contributed by atoms with Crippen molar-refractivity contribution >= 4 is 0 Å². The Morgan fingerprint density at radius 2 is 2.20 bits per heavy atom. The zero-order valence-corrected chi connectivity index (χ0v) is 9.87. The molecule has 0 radical (unpaired) electrons. The number of ether oxygens (including phenoxy) is 1. The molecule has 0 bridgehead atoms. The fourth-order valence-corrected chi connectivity index (χ4v) is 1.46. The van der Waals surface area contributed by atoms with Crippen molar-refractivity contribution < 1.29 is 4.74 Å². The summed E-state index contributed by atoms with van der Waals surface area (Å²) in [7, 11) is 1.70. The van der Waals surface area contributed by atoms with Crippen molar-refractivity contribution in [3.8, 4) is 0 Å². The number of hydrogen-bond acceptors (Lipinski definition) is 4. The quantitative estimate of drug-likeness (QED) is 0.740. The first kappa shape index (κ1) is 12.1. The minimum atomic E-state index is 0.145. The minimum absolute atomic E-state index is 0.145. The average molecular weight is 212 g/mol. The van der Waals surface area contributed by atoms with Crippen LogP contribution in [0, 0.1) is 0 Å². The van der Waals surface area contributed by atoms with Gasteiger partial charge in [0.05, 0.1) is 12.6 Å². The predicted molar refractivity (Wildman–Crippen MR) is 58.6 cm³/mol. The molecular formula is C10H20N4O. The third-order valence-corrected chi connectivity index (χ3v) is 2.22. The Bertz CT molecular complexity index is 287. The van der Waals surface area contributed by atoms with Crippen LogP contribution in [-0.4, -0.2) is 34.9 Å². The number of H-pyrrole nitrogens is 1. The highest BCUT2D eigenvalue weighted by molar-refractivity contribution is 4.95. The third kappa shape index (κ3) is 3.60. The van der Waals surface area contributed by atoms with E-state index in [2.05, 4.69) is 41.3 Å². The molecule has 2 atom stereocenters. The summed E-state index contributed by atoms with van der Waals surface area (Å²) in [6.07, 6.45) is 0.882. The third-order valence-electron chi connectivity index (χ3n) is 2.22. The van der Waals surface area contributed by atoms with E-state index in [0.29, 0.717) is 12.6 Å². The fourth-order valence-electron chi connectivity index (χ4n) is 1.46. The number of rotatable bonds is 6. The van der Waals surface area contributed by atoms with E-state index in [1.54, 1.807) is 7.11 Å². The number of aryl methyl sites for hydroxylation is 1. The number of aromatic nitrogens is 3. The molecule has 0 aromatic carbocycles. The van der Waals surface area contributed by atoms with Crippen molar-refractivity contribution in [2.75, 3.05) is 13.7 Å². The van der Waals surface area contributed by atoms with E-state index in [1.165, 1.54) is 0 Å². The first-order valence-electron chi connectivity index (χ1n) is 5.33. The van der Waals surface area contributed by atoms with Gasteiger partial charge >= 0.3 is 0 Å². The van der Waals surface area contributed by atoms with Gasteiger partial charge in [0.2, 0.25) is 0 Å². The fraction of sp³-hybridized carbons (Fsp3) is 0.800. The number of hydrogen-bond donors (Lipinski definition) is 2. The van der Waals surface area contributed by atoms with E-state index < -0.39 is 0 Å². The molecule has 15 heavy (non-hydrogen) atoms. The topological polar surface area (TPSA) is 62.8 Å². The van der Waals surface area contributed by atoms with Crippen LogP contribution in [0.2, 0.25) is 0 Å². The maximum atomic E-state index is 5.06. The van der Waals surface area contributed by atoms with Crippen LogP contribution in [0.1, 0.15) is 38.5 Å². The molecular weight excluding hydrogens is 192 g/mol. The molecule has 1 aromatic heterocycles. The van der Waals surface area contributed by atoms with E-state index in [0.717, 1.165) is 18.1 Å². The SMILES string of the molecule is CCc1nc(C(C)NC(C)COC)n[nH]1. The summed E-state index contributed by atoms with van der Waals surface area (Å²) in [6.45, 7) is 6.87. The molecule has 0 aliphatic rings. The van der Waals surface area contributed by atoms with Crippen molar-refractivity contribution in [3.63, 3.8) is 0 Å². The van der Waals surface area contributed by atoms with E-state index in [4.69, 9.17) is 4.74 Å². The molecule has 2 N–H and O–H groups in total. The number of nitrogens with zero attached hydrogens (tertiary/aromatic N) is 2. The number of aromatic amines is 1. The van der Waals surface area contributed by atoms with Crippen LogP contribution in [0.15, 0.2) is 0 Å². The molecule has 0 saturated heterocycles. The first-order chi connectivity index (χ1) is 7.17. The second-order valence-corrected chi connectivity index (χ2v) is 3.74. The van der Waals surface area contributed by atoms with Crippen LogP contribution in [-0.2, 0) is 11.2 Å². The Labute approximate surface area is 90.6 Å². The normalized spacial score (nSPS) is 15.2. The molecule has 5 heteroatoms. The molecule has 0 aliphatic heterocycles. The smallest absolute Gasteiger partial charge is 0.167 e. The van der Waals surface area contributed by atoms with E-state index in [-0.39, 0.29) is 6.04 Å². The lowest BCUT2D eigenvalue weighted by atomic mass is 10.2. The second kappa shape index (κ2) is 5.82. The largest absolute Gasteiger partial charge is 0.383 e. The van der Waals surface area contributed by atoms with Crippen LogP contribution in [0.25, 0.3) is 0 Å². The van der Waals surface area contributed by atoms with Gasteiger partial charge in [0.1, 0.15) is 5.82 Å². The summed E-state index contributed by atoms with van der Waals surface area (Å²) in [5.41, 5.74) is 0. The van der Waals surface area contributed by atoms with E-state index >= 15 is 0 Å². The van der Waals surface area contributed by atoms with Gasteiger partial charge in [-0.3, -0.25) is 5.10 Å². The summed E-state index contributed by atoms with van der Waals surface area (Å²) in [5.74, 6) is 1.74. The molecule has 2 unspecified atom stereocenters. The second-order valence-electron chi connectivity index (χ2n) is 3.74. The van der Waals surface area contributed by atoms with Crippen molar-refractivity contribution in [2.45, 2.75) is 39.3 Å². The van der Waals surface area contributed by atoms with Crippen LogP contribution in [0.5, 0.6) is 0 Å².